The SMILES string of the molecule is COc1ccccc1CNC(=O)CSc1nncn1-c1ccc(C)cc1C. The maximum Gasteiger partial charge on any atom is 0.230 e. The highest BCUT2D eigenvalue weighted by Crippen LogP contribution is 2.22. The summed E-state index contributed by atoms with van der Waals surface area (Å²) in [6.07, 6.45) is 1.67. The second kappa shape index (κ2) is 8.73. The number of hydrogen-bond donors (Lipinski definition) is 1. The predicted octanol–water partition coefficient (Wildman–Crippen LogP) is 3.30. The van der Waals surface area contributed by atoms with E-state index in [4.69, 9.17) is 4.74 Å². The Bertz CT molecular complexity index is 939. The van der Waals surface area contributed by atoms with Gasteiger partial charge >= 0.3 is 0 Å². The number of amides is 1. The highest BCUT2D eigenvalue weighted by molar-refractivity contribution is 7.99. The van der Waals surface area contributed by atoms with E-state index in [0.29, 0.717) is 11.7 Å². The summed E-state index contributed by atoms with van der Waals surface area (Å²) in [7, 11) is 1.62. The van der Waals surface area contributed by atoms with E-state index < -0.39 is 0 Å². The van der Waals surface area contributed by atoms with Crippen molar-refractivity contribution in [1.29, 1.82) is 0 Å². The first-order chi connectivity index (χ1) is 13.1. The molecule has 0 aliphatic heterocycles. The van der Waals surface area contributed by atoms with E-state index in [1.54, 1.807) is 13.4 Å². The number of carbonyl (C=O) groups excluding carboxylic acids is 1. The van der Waals surface area contributed by atoms with Crippen molar-refractivity contribution in [1.82, 2.24) is 20.1 Å². The van der Waals surface area contributed by atoms with Gasteiger partial charge in [-0.3, -0.25) is 9.36 Å². The Morgan fingerprint density at radius 1 is 1.22 bits per heavy atom. The van der Waals surface area contributed by atoms with Crippen molar-refractivity contribution in [2.45, 2.75) is 25.5 Å². The first kappa shape index (κ1) is 19.0. The summed E-state index contributed by atoms with van der Waals surface area (Å²) >= 11 is 1.36. The lowest BCUT2D eigenvalue weighted by Crippen LogP contribution is -2.25. The van der Waals surface area contributed by atoms with Crippen LogP contribution >= 0.6 is 11.8 Å². The number of thioether (sulfide) groups is 1. The molecule has 0 radical (unpaired) electrons. The van der Waals surface area contributed by atoms with E-state index in [0.717, 1.165) is 22.6 Å². The third-order valence-corrected chi connectivity index (χ3v) is 5.07. The fraction of sp³-hybridized carbons (Fsp3) is 0.250. The standard InChI is InChI=1S/C20H22N4O2S/c1-14-8-9-17(15(2)10-14)24-13-22-23-20(24)27-12-19(25)21-11-16-6-4-5-7-18(16)26-3/h4-10,13H,11-12H2,1-3H3,(H,21,25). The molecule has 0 bridgehead atoms. The summed E-state index contributed by atoms with van der Waals surface area (Å²) in [5.41, 5.74) is 4.30. The molecule has 3 rings (SSSR count). The van der Waals surface area contributed by atoms with Crippen LogP contribution in [-0.4, -0.2) is 33.5 Å². The fourth-order valence-electron chi connectivity index (χ4n) is 2.79. The van der Waals surface area contributed by atoms with Gasteiger partial charge in [-0.05, 0) is 31.5 Å². The van der Waals surface area contributed by atoms with E-state index >= 15 is 0 Å². The Hall–Kier alpha value is -2.80. The maximum absolute atomic E-state index is 12.2. The average molecular weight is 382 g/mol. The summed E-state index contributed by atoms with van der Waals surface area (Å²) in [6, 6.07) is 13.8. The molecule has 0 spiro atoms. The average Bonchev–Trinajstić information content (AvgIpc) is 3.13. The molecule has 0 fully saturated rings. The smallest absolute Gasteiger partial charge is 0.230 e. The van der Waals surface area contributed by atoms with Gasteiger partial charge in [-0.2, -0.15) is 0 Å². The summed E-state index contributed by atoms with van der Waals surface area (Å²) in [4.78, 5) is 12.2. The topological polar surface area (TPSA) is 69.0 Å². The van der Waals surface area contributed by atoms with Gasteiger partial charge < -0.3 is 10.1 Å². The second-order valence-corrected chi connectivity index (χ2v) is 7.09. The number of aromatic nitrogens is 3. The molecule has 1 heterocycles. The van der Waals surface area contributed by atoms with Crippen LogP contribution in [-0.2, 0) is 11.3 Å². The predicted molar refractivity (Wildman–Crippen MR) is 106 cm³/mol. The highest BCUT2D eigenvalue weighted by atomic mass is 32.2. The molecular formula is C20H22N4O2S. The number of aryl methyl sites for hydroxylation is 2. The highest BCUT2D eigenvalue weighted by Gasteiger charge is 2.12. The third kappa shape index (κ3) is 4.68. The van der Waals surface area contributed by atoms with Crippen molar-refractivity contribution in [3.05, 3.63) is 65.5 Å². The Morgan fingerprint density at radius 3 is 2.81 bits per heavy atom. The lowest BCUT2D eigenvalue weighted by Gasteiger charge is -2.11. The Labute approximate surface area is 163 Å². The molecule has 1 amide bonds. The minimum atomic E-state index is -0.0684. The molecule has 6 nitrogen and oxygen atoms in total. The van der Waals surface area contributed by atoms with Gasteiger partial charge in [0.05, 0.1) is 18.6 Å². The van der Waals surface area contributed by atoms with Gasteiger partial charge in [0.2, 0.25) is 5.91 Å². The normalized spacial score (nSPS) is 10.6. The lowest BCUT2D eigenvalue weighted by atomic mass is 10.1. The molecule has 0 unspecified atom stereocenters. The van der Waals surface area contributed by atoms with Gasteiger partial charge in [-0.1, -0.05) is 47.7 Å². The second-order valence-electron chi connectivity index (χ2n) is 6.15. The molecule has 0 aliphatic carbocycles. The maximum atomic E-state index is 12.2. The summed E-state index contributed by atoms with van der Waals surface area (Å²) in [5.74, 6) is 0.958. The first-order valence-corrected chi connectivity index (χ1v) is 9.56. The van der Waals surface area contributed by atoms with E-state index in [1.807, 2.05) is 34.9 Å². The Balaban J connectivity index is 1.61. The first-order valence-electron chi connectivity index (χ1n) is 8.57. The molecule has 27 heavy (non-hydrogen) atoms. The van der Waals surface area contributed by atoms with Crippen LogP contribution < -0.4 is 10.1 Å². The van der Waals surface area contributed by atoms with Crippen LogP contribution in [0.1, 0.15) is 16.7 Å². The number of para-hydroxylation sites is 1. The minimum absolute atomic E-state index is 0.0684. The molecular weight excluding hydrogens is 360 g/mol. The number of methoxy groups -OCH3 is 1. The van der Waals surface area contributed by atoms with Crippen molar-refractivity contribution >= 4 is 17.7 Å². The monoisotopic (exact) mass is 382 g/mol. The molecule has 3 aromatic rings. The van der Waals surface area contributed by atoms with Gasteiger partial charge in [0.15, 0.2) is 5.16 Å². The fourth-order valence-corrected chi connectivity index (χ4v) is 3.54. The molecule has 1 N–H and O–H groups in total. The van der Waals surface area contributed by atoms with E-state index in [1.165, 1.54) is 17.3 Å². The number of rotatable bonds is 7. The van der Waals surface area contributed by atoms with Gasteiger partial charge in [0, 0.05) is 12.1 Å². The molecule has 7 heteroatoms. The number of nitrogens with zero attached hydrogens (tertiary/aromatic N) is 3. The molecule has 2 aromatic carbocycles. The van der Waals surface area contributed by atoms with Crippen molar-refractivity contribution < 1.29 is 9.53 Å². The van der Waals surface area contributed by atoms with E-state index in [9.17, 15) is 4.79 Å². The summed E-state index contributed by atoms with van der Waals surface area (Å²) in [6.45, 7) is 4.54. The van der Waals surface area contributed by atoms with Crippen molar-refractivity contribution in [3.63, 3.8) is 0 Å². The number of carbonyl (C=O) groups is 1. The summed E-state index contributed by atoms with van der Waals surface area (Å²) in [5, 5.41) is 11.8. The number of hydrogen-bond acceptors (Lipinski definition) is 5. The number of ether oxygens (including phenoxy) is 1. The van der Waals surface area contributed by atoms with Crippen LogP contribution in [0.4, 0.5) is 0 Å². The molecule has 1 aromatic heterocycles. The van der Waals surface area contributed by atoms with Crippen molar-refractivity contribution in [3.8, 4) is 11.4 Å². The van der Waals surface area contributed by atoms with Gasteiger partial charge in [-0.15, -0.1) is 10.2 Å². The zero-order valence-electron chi connectivity index (χ0n) is 15.6. The molecule has 0 saturated heterocycles. The van der Waals surface area contributed by atoms with Crippen LogP contribution in [0.3, 0.4) is 0 Å². The van der Waals surface area contributed by atoms with Crippen LogP contribution in [0, 0.1) is 13.8 Å². The Morgan fingerprint density at radius 2 is 2.04 bits per heavy atom. The zero-order valence-corrected chi connectivity index (χ0v) is 16.4. The molecule has 0 atom stereocenters. The minimum Gasteiger partial charge on any atom is -0.496 e. The van der Waals surface area contributed by atoms with Crippen molar-refractivity contribution in [2.24, 2.45) is 0 Å². The number of benzene rings is 2. The van der Waals surface area contributed by atoms with Crippen LogP contribution in [0.15, 0.2) is 53.9 Å². The third-order valence-electron chi connectivity index (χ3n) is 4.13. The zero-order chi connectivity index (χ0) is 19.2. The van der Waals surface area contributed by atoms with Gasteiger partial charge in [-0.25, -0.2) is 0 Å². The molecule has 0 aliphatic rings. The van der Waals surface area contributed by atoms with Crippen LogP contribution in [0.25, 0.3) is 5.69 Å². The Kier molecular flexibility index (Phi) is 6.13. The van der Waals surface area contributed by atoms with E-state index in [-0.39, 0.29) is 11.7 Å². The van der Waals surface area contributed by atoms with Gasteiger partial charge in [0.25, 0.3) is 0 Å². The van der Waals surface area contributed by atoms with Crippen molar-refractivity contribution in [2.75, 3.05) is 12.9 Å². The summed E-state index contributed by atoms with van der Waals surface area (Å²) < 4.78 is 7.21. The lowest BCUT2D eigenvalue weighted by molar-refractivity contribution is -0.118. The number of nitrogens with one attached hydrogen (secondary N) is 1. The van der Waals surface area contributed by atoms with Gasteiger partial charge in [0.1, 0.15) is 12.1 Å². The molecule has 140 valence electrons. The van der Waals surface area contributed by atoms with E-state index in [2.05, 4.69) is 41.5 Å². The molecule has 0 saturated carbocycles. The van der Waals surface area contributed by atoms with Crippen LogP contribution in [0.5, 0.6) is 5.75 Å². The quantitative estimate of drug-likeness (QED) is 0.635. The van der Waals surface area contributed by atoms with Crippen LogP contribution in [0.2, 0.25) is 0 Å². The largest absolute Gasteiger partial charge is 0.496 e.